The van der Waals surface area contributed by atoms with E-state index >= 15 is 0 Å². The van der Waals surface area contributed by atoms with E-state index in [1.807, 2.05) is 0 Å². The number of nitrogen functional groups attached to an aromatic ring is 1. The molecule has 1 rings (SSSR count). The summed E-state index contributed by atoms with van der Waals surface area (Å²) in [6, 6.07) is 7.03. The summed E-state index contributed by atoms with van der Waals surface area (Å²) in [5.74, 6) is 0.216. The molecule has 0 unspecified atom stereocenters. The molecule has 1 aromatic rings. The van der Waals surface area contributed by atoms with Crippen molar-refractivity contribution in [1.29, 1.82) is 0 Å². The van der Waals surface area contributed by atoms with E-state index in [0.717, 1.165) is 0 Å². The van der Waals surface area contributed by atoms with Gasteiger partial charge in [0, 0.05) is 25.3 Å². The van der Waals surface area contributed by atoms with Crippen molar-refractivity contribution in [2.45, 2.75) is 12.8 Å². The van der Waals surface area contributed by atoms with E-state index in [0.29, 0.717) is 18.0 Å². The zero-order valence-electron chi connectivity index (χ0n) is 11.8. The number of hydrogen-bond donors (Lipinski definition) is 1. The smallest absolute Gasteiger partial charge is 0.307 e. The van der Waals surface area contributed by atoms with Gasteiger partial charge in [-0.2, -0.15) is 0 Å². The molecule has 0 aliphatic carbocycles. The Hall–Kier alpha value is -2.24. The summed E-state index contributed by atoms with van der Waals surface area (Å²) in [7, 11) is 2.97. The maximum atomic E-state index is 11.8. The van der Waals surface area contributed by atoms with Gasteiger partial charge in [0.05, 0.1) is 26.6 Å². The molecule has 0 aliphatic heterocycles. The van der Waals surface area contributed by atoms with Crippen LogP contribution in [0.15, 0.2) is 24.3 Å². The number of anilines is 1. The number of nitrogens with zero attached hydrogens (tertiary/aromatic N) is 1. The first kappa shape index (κ1) is 15.8. The van der Waals surface area contributed by atoms with E-state index in [4.69, 9.17) is 10.5 Å². The fourth-order valence-electron chi connectivity index (χ4n) is 1.54. The molecular weight excluding hydrogens is 260 g/mol. The van der Waals surface area contributed by atoms with Crippen molar-refractivity contribution < 1.29 is 19.1 Å². The van der Waals surface area contributed by atoms with Crippen LogP contribution in [0.25, 0.3) is 0 Å². The minimum atomic E-state index is -0.333. The van der Waals surface area contributed by atoms with Crippen molar-refractivity contribution in [1.82, 2.24) is 4.90 Å². The van der Waals surface area contributed by atoms with Crippen LogP contribution in [-0.2, 0) is 14.3 Å². The number of methoxy groups -OCH3 is 1. The first-order chi connectivity index (χ1) is 9.52. The Bertz CT molecular complexity index is 462. The molecule has 0 saturated carbocycles. The Morgan fingerprint density at radius 1 is 1.30 bits per heavy atom. The molecule has 0 heterocycles. The van der Waals surface area contributed by atoms with E-state index < -0.39 is 0 Å². The fraction of sp³-hybridized carbons (Fsp3) is 0.429. The molecule has 0 fully saturated rings. The molecule has 0 aromatic heterocycles. The molecular formula is C14H20N2O4. The predicted octanol–water partition coefficient (Wildman–Crippen LogP) is 1.06. The molecule has 20 heavy (non-hydrogen) atoms. The molecule has 1 aromatic carbocycles. The molecule has 2 N–H and O–H groups in total. The van der Waals surface area contributed by atoms with Crippen molar-refractivity contribution in [2.24, 2.45) is 0 Å². The summed E-state index contributed by atoms with van der Waals surface area (Å²) in [5.41, 5.74) is 6.24. The molecule has 0 spiro atoms. The summed E-state index contributed by atoms with van der Waals surface area (Å²) in [4.78, 5) is 24.2. The molecule has 0 bridgehead atoms. The lowest BCUT2D eigenvalue weighted by molar-refractivity contribution is -0.141. The number of esters is 1. The Labute approximate surface area is 118 Å². The number of hydrogen-bond acceptors (Lipinski definition) is 5. The van der Waals surface area contributed by atoms with Gasteiger partial charge in [-0.05, 0) is 12.1 Å². The first-order valence-electron chi connectivity index (χ1n) is 6.32. The van der Waals surface area contributed by atoms with Gasteiger partial charge in [0.25, 0.3) is 0 Å². The van der Waals surface area contributed by atoms with Gasteiger partial charge in [-0.25, -0.2) is 0 Å². The summed E-state index contributed by atoms with van der Waals surface area (Å²) in [6.07, 6.45) is 0.432. The SMILES string of the molecule is COC(=O)CCN(C)C(=O)CCOc1cccc(N)c1. The minimum Gasteiger partial charge on any atom is -0.493 e. The number of rotatable bonds is 7. The van der Waals surface area contributed by atoms with Crippen molar-refractivity contribution >= 4 is 17.6 Å². The van der Waals surface area contributed by atoms with Crippen LogP contribution in [0.5, 0.6) is 5.75 Å². The monoisotopic (exact) mass is 280 g/mol. The van der Waals surface area contributed by atoms with E-state index in [1.165, 1.54) is 12.0 Å². The van der Waals surface area contributed by atoms with Gasteiger partial charge in [0.2, 0.25) is 5.91 Å². The second-order valence-corrected chi connectivity index (χ2v) is 4.31. The van der Waals surface area contributed by atoms with Crippen LogP contribution in [0.3, 0.4) is 0 Å². The molecule has 0 aliphatic rings. The molecule has 0 radical (unpaired) electrons. The maximum Gasteiger partial charge on any atom is 0.307 e. The standard InChI is InChI=1S/C14H20N2O4/c1-16(8-6-14(18)19-2)13(17)7-9-20-12-5-3-4-11(15)10-12/h3-5,10H,6-9,15H2,1-2H3. The summed E-state index contributed by atoms with van der Waals surface area (Å²) in [5, 5.41) is 0. The highest BCUT2D eigenvalue weighted by Crippen LogP contribution is 2.14. The lowest BCUT2D eigenvalue weighted by Crippen LogP contribution is -2.30. The highest BCUT2D eigenvalue weighted by atomic mass is 16.5. The normalized spacial score (nSPS) is 9.90. The quantitative estimate of drug-likeness (QED) is 0.596. The zero-order chi connectivity index (χ0) is 15.0. The van der Waals surface area contributed by atoms with Crippen molar-refractivity contribution in [2.75, 3.05) is 33.0 Å². The van der Waals surface area contributed by atoms with E-state index in [1.54, 1.807) is 31.3 Å². The lowest BCUT2D eigenvalue weighted by Gasteiger charge is -2.16. The average molecular weight is 280 g/mol. The van der Waals surface area contributed by atoms with Gasteiger partial charge >= 0.3 is 5.97 Å². The van der Waals surface area contributed by atoms with Crippen molar-refractivity contribution in [3.8, 4) is 5.75 Å². The average Bonchev–Trinajstić information content (AvgIpc) is 2.44. The Morgan fingerprint density at radius 2 is 2.05 bits per heavy atom. The van der Waals surface area contributed by atoms with E-state index in [-0.39, 0.29) is 31.3 Å². The van der Waals surface area contributed by atoms with Crippen LogP contribution in [0, 0.1) is 0 Å². The van der Waals surface area contributed by atoms with Crippen LogP contribution in [0.2, 0.25) is 0 Å². The van der Waals surface area contributed by atoms with Gasteiger partial charge in [-0.15, -0.1) is 0 Å². The number of nitrogens with two attached hydrogens (primary N) is 1. The van der Waals surface area contributed by atoms with Crippen LogP contribution < -0.4 is 10.5 Å². The van der Waals surface area contributed by atoms with Crippen molar-refractivity contribution in [3.63, 3.8) is 0 Å². The lowest BCUT2D eigenvalue weighted by atomic mass is 10.3. The van der Waals surface area contributed by atoms with Gasteiger partial charge in [-0.3, -0.25) is 9.59 Å². The third-order valence-electron chi connectivity index (χ3n) is 2.75. The fourth-order valence-corrected chi connectivity index (χ4v) is 1.54. The third-order valence-corrected chi connectivity index (χ3v) is 2.75. The molecule has 6 nitrogen and oxygen atoms in total. The number of benzene rings is 1. The van der Waals surface area contributed by atoms with Crippen molar-refractivity contribution in [3.05, 3.63) is 24.3 Å². The Balaban J connectivity index is 2.27. The summed E-state index contributed by atoms with van der Waals surface area (Å²) >= 11 is 0. The van der Waals surface area contributed by atoms with Crippen LogP contribution in [0.4, 0.5) is 5.69 Å². The van der Waals surface area contributed by atoms with Gasteiger partial charge < -0.3 is 20.1 Å². The molecule has 0 saturated heterocycles. The molecule has 1 amide bonds. The Kier molecular flexibility index (Phi) is 6.36. The number of carbonyl (C=O) groups excluding carboxylic acids is 2. The zero-order valence-corrected chi connectivity index (χ0v) is 11.8. The second kappa shape index (κ2) is 8.04. The van der Waals surface area contributed by atoms with E-state index in [2.05, 4.69) is 4.74 Å². The number of ether oxygens (including phenoxy) is 2. The van der Waals surface area contributed by atoms with Crippen LogP contribution in [-0.4, -0.2) is 44.1 Å². The highest BCUT2D eigenvalue weighted by molar-refractivity contribution is 5.77. The van der Waals surface area contributed by atoms with Crippen LogP contribution >= 0.6 is 0 Å². The molecule has 0 atom stereocenters. The summed E-state index contributed by atoms with van der Waals surface area (Å²) in [6.45, 7) is 0.606. The maximum absolute atomic E-state index is 11.8. The van der Waals surface area contributed by atoms with Gasteiger partial charge in [0.15, 0.2) is 0 Å². The van der Waals surface area contributed by atoms with Gasteiger partial charge in [0.1, 0.15) is 5.75 Å². The van der Waals surface area contributed by atoms with Crippen LogP contribution in [0.1, 0.15) is 12.8 Å². The molecule has 110 valence electrons. The third kappa shape index (κ3) is 5.60. The largest absolute Gasteiger partial charge is 0.493 e. The predicted molar refractivity (Wildman–Crippen MR) is 75.2 cm³/mol. The first-order valence-corrected chi connectivity index (χ1v) is 6.32. The Morgan fingerprint density at radius 3 is 2.70 bits per heavy atom. The topological polar surface area (TPSA) is 81.9 Å². The minimum absolute atomic E-state index is 0.0854. The number of carbonyl (C=O) groups is 2. The van der Waals surface area contributed by atoms with E-state index in [9.17, 15) is 9.59 Å². The highest BCUT2D eigenvalue weighted by Gasteiger charge is 2.11. The number of amides is 1. The van der Waals surface area contributed by atoms with Gasteiger partial charge in [-0.1, -0.05) is 6.07 Å². The molecule has 6 heteroatoms. The second-order valence-electron chi connectivity index (χ2n) is 4.31. The summed E-state index contributed by atoms with van der Waals surface area (Å²) < 4.78 is 9.95.